The van der Waals surface area contributed by atoms with Gasteiger partial charge in [0.2, 0.25) is 5.95 Å². The Bertz CT molecular complexity index is 499. The maximum Gasteiger partial charge on any atom is 0.218 e. The highest BCUT2D eigenvalue weighted by Gasteiger charge is 2.09. The lowest BCUT2D eigenvalue weighted by Crippen LogP contribution is -2.17. The van der Waals surface area contributed by atoms with Gasteiger partial charge in [0.25, 0.3) is 0 Å². The van der Waals surface area contributed by atoms with Crippen LogP contribution in [0.5, 0.6) is 0 Å². The van der Waals surface area contributed by atoms with E-state index >= 15 is 0 Å². The van der Waals surface area contributed by atoms with E-state index < -0.39 is 5.95 Å². The van der Waals surface area contributed by atoms with Crippen molar-refractivity contribution in [3.05, 3.63) is 48.4 Å². The van der Waals surface area contributed by atoms with Gasteiger partial charge in [0.05, 0.1) is 0 Å². The Labute approximate surface area is 97.7 Å². The molecule has 3 nitrogen and oxygen atoms in total. The van der Waals surface area contributed by atoms with Gasteiger partial charge in [0.15, 0.2) is 0 Å². The molecule has 1 aromatic carbocycles. The minimum absolute atomic E-state index is 0.307. The van der Waals surface area contributed by atoms with Crippen LogP contribution in [0.4, 0.5) is 20.3 Å². The van der Waals surface area contributed by atoms with E-state index in [4.69, 9.17) is 0 Å². The van der Waals surface area contributed by atoms with E-state index in [-0.39, 0.29) is 5.82 Å². The molecule has 0 saturated carbocycles. The molecule has 0 atom stereocenters. The summed E-state index contributed by atoms with van der Waals surface area (Å²) in [7, 11) is 0. The molecule has 88 valence electrons. The van der Waals surface area contributed by atoms with E-state index in [2.05, 4.69) is 9.97 Å². The molecule has 0 unspecified atom stereocenters. The third-order valence-electron chi connectivity index (χ3n) is 2.35. The lowest BCUT2D eigenvalue weighted by molar-refractivity contribution is 0.579. The Balaban J connectivity index is 2.36. The Morgan fingerprint density at radius 3 is 2.41 bits per heavy atom. The van der Waals surface area contributed by atoms with Crippen molar-refractivity contribution in [3.8, 4) is 0 Å². The number of nitrogens with zero attached hydrogens (tertiary/aromatic N) is 3. The third kappa shape index (κ3) is 2.55. The molecule has 1 heterocycles. The van der Waals surface area contributed by atoms with Crippen LogP contribution in [0.1, 0.15) is 6.92 Å². The van der Waals surface area contributed by atoms with Crippen molar-refractivity contribution in [2.24, 2.45) is 0 Å². The first-order valence-electron chi connectivity index (χ1n) is 5.21. The number of hydrogen-bond acceptors (Lipinski definition) is 3. The number of hydrogen-bond donors (Lipinski definition) is 0. The highest BCUT2D eigenvalue weighted by molar-refractivity contribution is 5.59. The Morgan fingerprint density at radius 1 is 1.12 bits per heavy atom. The van der Waals surface area contributed by atoms with E-state index in [1.807, 2.05) is 6.92 Å². The zero-order valence-corrected chi connectivity index (χ0v) is 9.27. The van der Waals surface area contributed by atoms with Crippen molar-refractivity contribution in [3.63, 3.8) is 0 Å². The summed E-state index contributed by atoms with van der Waals surface area (Å²) in [6, 6.07) is 7.20. The SMILES string of the molecule is CCN(c1ccc(F)cc1)c1cc(F)ncn1. The molecule has 17 heavy (non-hydrogen) atoms. The second kappa shape index (κ2) is 4.86. The fraction of sp³-hybridized carbons (Fsp3) is 0.167. The normalized spacial score (nSPS) is 10.3. The highest BCUT2D eigenvalue weighted by Crippen LogP contribution is 2.23. The van der Waals surface area contributed by atoms with E-state index in [9.17, 15) is 8.78 Å². The third-order valence-corrected chi connectivity index (χ3v) is 2.35. The lowest BCUT2D eigenvalue weighted by Gasteiger charge is -2.21. The molecule has 2 rings (SSSR count). The van der Waals surface area contributed by atoms with Crippen molar-refractivity contribution in [1.29, 1.82) is 0 Å². The second-order valence-corrected chi connectivity index (χ2v) is 3.42. The molecular weight excluding hydrogens is 224 g/mol. The van der Waals surface area contributed by atoms with Gasteiger partial charge in [0, 0.05) is 18.3 Å². The van der Waals surface area contributed by atoms with Crippen LogP contribution in [0.3, 0.4) is 0 Å². The average Bonchev–Trinajstić information content (AvgIpc) is 2.33. The van der Waals surface area contributed by atoms with Crippen LogP contribution in [0.15, 0.2) is 36.7 Å². The highest BCUT2D eigenvalue weighted by atomic mass is 19.1. The summed E-state index contributed by atoms with van der Waals surface area (Å²) in [6.07, 6.45) is 1.16. The smallest absolute Gasteiger partial charge is 0.218 e. The summed E-state index contributed by atoms with van der Waals surface area (Å²) in [4.78, 5) is 9.16. The average molecular weight is 235 g/mol. The maximum absolute atomic E-state index is 13.0. The Kier molecular flexibility index (Phi) is 3.27. The number of anilines is 2. The van der Waals surface area contributed by atoms with Crippen LogP contribution in [0.2, 0.25) is 0 Å². The standard InChI is InChI=1S/C12H11F2N3/c1-2-17(10-5-3-9(13)4-6-10)12-7-11(14)15-8-16-12/h3-8H,2H2,1H3. The summed E-state index contributed by atoms with van der Waals surface area (Å²) < 4.78 is 25.8. The predicted molar refractivity (Wildman–Crippen MR) is 61.1 cm³/mol. The summed E-state index contributed by atoms with van der Waals surface area (Å²) in [5, 5.41) is 0. The van der Waals surface area contributed by atoms with Gasteiger partial charge in [-0.1, -0.05) is 0 Å². The molecule has 2 aromatic rings. The van der Waals surface area contributed by atoms with Gasteiger partial charge in [0.1, 0.15) is 18.0 Å². The summed E-state index contributed by atoms with van der Waals surface area (Å²) >= 11 is 0. The Hall–Kier alpha value is -2.04. The van der Waals surface area contributed by atoms with E-state index in [1.165, 1.54) is 18.2 Å². The first-order valence-corrected chi connectivity index (χ1v) is 5.21. The molecule has 0 fully saturated rings. The van der Waals surface area contributed by atoms with E-state index in [0.717, 1.165) is 12.0 Å². The van der Waals surface area contributed by atoms with Crippen molar-refractivity contribution < 1.29 is 8.78 Å². The summed E-state index contributed by atoms with van der Waals surface area (Å²) in [5.74, 6) is -0.444. The van der Waals surface area contributed by atoms with Crippen molar-refractivity contribution in [2.45, 2.75) is 6.92 Å². The molecule has 0 aliphatic heterocycles. The van der Waals surface area contributed by atoms with Crippen LogP contribution < -0.4 is 4.90 Å². The molecule has 0 aliphatic rings. The van der Waals surface area contributed by atoms with Crippen LogP contribution in [-0.2, 0) is 0 Å². The largest absolute Gasteiger partial charge is 0.326 e. The predicted octanol–water partition coefficient (Wildman–Crippen LogP) is 2.91. The summed E-state index contributed by atoms with van der Waals surface area (Å²) in [5.41, 5.74) is 0.756. The molecule has 0 amide bonds. The van der Waals surface area contributed by atoms with Gasteiger partial charge in [-0.15, -0.1) is 0 Å². The molecule has 0 radical (unpaired) electrons. The zero-order chi connectivity index (χ0) is 12.3. The molecule has 1 aromatic heterocycles. The topological polar surface area (TPSA) is 29.0 Å². The second-order valence-electron chi connectivity index (χ2n) is 3.42. The zero-order valence-electron chi connectivity index (χ0n) is 9.27. The van der Waals surface area contributed by atoms with E-state index in [0.29, 0.717) is 12.4 Å². The molecule has 0 aliphatic carbocycles. The number of aromatic nitrogens is 2. The van der Waals surface area contributed by atoms with Gasteiger partial charge in [-0.05, 0) is 31.2 Å². The minimum Gasteiger partial charge on any atom is -0.326 e. The Morgan fingerprint density at radius 2 is 1.82 bits per heavy atom. The fourth-order valence-corrected chi connectivity index (χ4v) is 1.57. The van der Waals surface area contributed by atoms with Gasteiger partial charge >= 0.3 is 0 Å². The fourth-order valence-electron chi connectivity index (χ4n) is 1.57. The van der Waals surface area contributed by atoms with Crippen molar-refractivity contribution >= 4 is 11.5 Å². The first-order chi connectivity index (χ1) is 8.20. The number of rotatable bonds is 3. The van der Waals surface area contributed by atoms with Crippen LogP contribution in [0.25, 0.3) is 0 Å². The van der Waals surface area contributed by atoms with Gasteiger partial charge in [-0.2, -0.15) is 4.39 Å². The van der Waals surface area contributed by atoms with Crippen LogP contribution in [-0.4, -0.2) is 16.5 Å². The summed E-state index contributed by atoms with van der Waals surface area (Å²) in [6.45, 7) is 2.51. The quantitative estimate of drug-likeness (QED) is 0.766. The van der Waals surface area contributed by atoms with Crippen molar-refractivity contribution in [1.82, 2.24) is 9.97 Å². The molecule has 0 spiro atoms. The molecule has 0 saturated heterocycles. The van der Waals surface area contributed by atoms with Crippen molar-refractivity contribution in [2.75, 3.05) is 11.4 Å². The minimum atomic E-state index is -0.587. The van der Waals surface area contributed by atoms with Crippen LogP contribution in [0, 0.1) is 11.8 Å². The molecule has 5 heteroatoms. The molecule has 0 bridgehead atoms. The van der Waals surface area contributed by atoms with Gasteiger partial charge in [-0.25, -0.2) is 14.4 Å². The van der Waals surface area contributed by atoms with Gasteiger partial charge < -0.3 is 4.90 Å². The molecule has 0 N–H and O–H groups in total. The number of benzene rings is 1. The van der Waals surface area contributed by atoms with Crippen LogP contribution >= 0.6 is 0 Å². The maximum atomic E-state index is 13.0. The van der Waals surface area contributed by atoms with Gasteiger partial charge in [-0.3, -0.25) is 0 Å². The lowest BCUT2D eigenvalue weighted by atomic mass is 10.2. The molecular formula is C12H11F2N3. The monoisotopic (exact) mass is 235 g/mol. The number of halogens is 2. The first kappa shape index (κ1) is 11.4. The van der Waals surface area contributed by atoms with E-state index in [1.54, 1.807) is 17.0 Å².